The molecule has 122 valence electrons. The number of likely N-dealkylation sites (tertiary alicyclic amines) is 1. The van der Waals surface area contributed by atoms with Crippen molar-refractivity contribution in [1.82, 2.24) is 20.1 Å². The number of nitrogens with zero attached hydrogens (tertiary/aromatic N) is 3. The third-order valence-electron chi connectivity index (χ3n) is 3.80. The number of carbonyl (C=O) groups is 1. The van der Waals surface area contributed by atoms with E-state index in [1.54, 1.807) is 18.3 Å². The molecule has 0 bridgehead atoms. The number of pyridine rings is 1. The molecule has 1 amide bonds. The highest BCUT2D eigenvalue weighted by Crippen LogP contribution is 2.20. The van der Waals surface area contributed by atoms with Gasteiger partial charge in [-0.15, -0.1) is 0 Å². The highest BCUT2D eigenvalue weighted by atomic mass is 16.5. The Balaban J connectivity index is 1.95. The number of nitrogens with one attached hydrogen (secondary N) is 1. The van der Waals surface area contributed by atoms with E-state index >= 15 is 0 Å². The monoisotopic (exact) mass is 306 g/mol. The lowest BCUT2D eigenvalue weighted by atomic mass is 10.1. The third-order valence-corrected chi connectivity index (χ3v) is 3.80. The van der Waals surface area contributed by atoms with Crippen molar-refractivity contribution in [2.24, 2.45) is 0 Å². The molecule has 1 fully saturated rings. The second-order valence-corrected chi connectivity index (χ2v) is 6.04. The zero-order chi connectivity index (χ0) is 15.9. The Hall–Kier alpha value is -1.66. The molecule has 1 N–H and O–H groups in total. The van der Waals surface area contributed by atoms with Gasteiger partial charge in [0.2, 0.25) is 5.88 Å². The normalized spacial score (nSPS) is 16.7. The standard InChI is InChI=1S/C16H26N4O2/c1-19(2)12-9-17-15(21)14-5-4-8-18-16(14)22-13-6-10-20(3)11-7-13/h4-5,8,13H,6-7,9-12H2,1-3H3,(H,17,21). The summed E-state index contributed by atoms with van der Waals surface area (Å²) in [5.74, 6) is 0.317. The molecule has 1 aromatic rings. The fourth-order valence-electron chi connectivity index (χ4n) is 2.41. The van der Waals surface area contributed by atoms with Gasteiger partial charge in [-0.3, -0.25) is 4.79 Å². The minimum atomic E-state index is -0.127. The maximum Gasteiger partial charge on any atom is 0.256 e. The molecule has 22 heavy (non-hydrogen) atoms. The Kier molecular flexibility index (Phi) is 6.15. The highest BCUT2D eigenvalue weighted by molar-refractivity contribution is 5.96. The number of aromatic nitrogens is 1. The second kappa shape index (κ2) is 8.10. The molecule has 1 aliphatic rings. The first kappa shape index (κ1) is 16.7. The van der Waals surface area contributed by atoms with E-state index in [4.69, 9.17) is 4.74 Å². The van der Waals surface area contributed by atoms with Crippen molar-refractivity contribution < 1.29 is 9.53 Å². The molecule has 1 aliphatic heterocycles. The molecule has 0 unspecified atom stereocenters. The van der Waals surface area contributed by atoms with Gasteiger partial charge in [0.1, 0.15) is 11.7 Å². The van der Waals surface area contributed by atoms with Gasteiger partial charge in [-0.05, 0) is 46.1 Å². The highest BCUT2D eigenvalue weighted by Gasteiger charge is 2.21. The SMILES string of the molecule is CN(C)CCNC(=O)c1cccnc1OC1CCN(C)CC1. The molecular weight excluding hydrogens is 280 g/mol. The van der Waals surface area contributed by atoms with E-state index in [2.05, 4.69) is 22.2 Å². The van der Waals surface area contributed by atoms with Crippen LogP contribution in [0, 0.1) is 0 Å². The fourth-order valence-corrected chi connectivity index (χ4v) is 2.41. The lowest BCUT2D eigenvalue weighted by Crippen LogP contribution is -2.36. The molecule has 1 saturated heterocycles. The predicted molar refractivity (Wildman–Crippen MR) is 86.3 cm³/mol. The summed E-state index contributed by atoms with van der Waals surface area (Å²) in [6.07, 6.45) is 3.74. The van der Waals surface area contributed by atoms with Gasteiger partial charge in [-0.25, -0.2) is 4.98 Å². The number of amides is 1. The minimum Gasteiger partial charge on any atom is -0.474 e. The van der Waals surface area contributed by atoms with Gasteiger partial charge in [0, 0.05) is 32.4 Å². The van der Waals surface area contributed by atoms with E-state index in [0.717, 1.165) is 32.5 Å². The van der Waals surface area contributed by atoms with E-state index in [9.17, 15) is 4.79 Å². The van der Waals surface area contributed by atoms with Crippen LogP contribution in [0.5, 0.6) is 5.88 Å². The summed E-state index contributed by atoms with van der Waals surface area (Å²) in [6, 6.07) is 3.53. The molecule has 0 saturated carbocycles. The Labute approximate surface area is 132 Å². The van der Waals surface area contributed by atoms with Crippen LogP contribution in [0.3, 0.4) is 0 Å². The first-order valence-corrected chi connectivity index (χ1v) is 7.79. The number of hydrogen-bond donors (Lipinski definition) is 1. The average molecular weight is 306 g/mol. The van der Waals surface area contributed by atoms with Crippen LogP contribution in [-0.2, 0) is 0 Å². The van der Waals surface area contributed by atoms with Crippen LogP contribution >= 0.6 is 0 Å². The average Bonchev–Trinajstić information content (AvgIpc) is 2.49. The van der Waals surface area contributed by atoms with E-state index in [-0.39, 0.29) is 12.0 Å². The Morgan fingerprint density at radius 1 is 1.45 bits per heavy atom. The summed E-state index contributed by atoms with van der Waals surface area (Å²) < 4.78 is 5.97. The summed E-state index contributed by atoms with van der Waals surface area (Å²) in [7, 11) is 6.07. The van der Waals surface area contributed by atoms with E-state index in [0.29, 0.717) is 18.0 Å². The molecule has 0 aliphatic carbocycles. The van der Waals surface area contributed by atoms with Crippen LogP contribution in [0.25, 0.3) is 0 Å². The number of rotatable bonds is 6. The van der Waals surface area contributed by atoms with Crippen LogP contribution < -0.4 is 10.1 Å². The second-order valence-electron chi connectivity index (χ2n) is 6.04. The summed E-state index contributed by atoms with van der Waals surface area (Å²) in [5.41, 5.74) is 0.514. The lowest BCUT2D eigenvalue weighted by molar-refractivity contribution is 0.0917. The molecule has 2 heterocycles. The van der Waals surface area contributed by atoms with Gasteiger partial charge < -0.3 is 19.9 Å². The van der Waals surface area contributed by atoms with Crippen LogP contribution in [0.15, 0.2) is 18.3 Å². The zero-order valence-electron chi connectivity index (χ0n) is 13.7. The van der Waals surface area contributed by atoms with Gasteiger partial charge in [0.15, 0.2) is 0 Å². The quantitative estimate of drug-likeness (QED) is 0.844. The van der Waals surface area contributed by atoms with Crippen LogP contribution in [0.2, 0.25) is 0 Å². The first-order valence-electron chi connectivity index (χ1n) is 7.79. The van der Waals surface area contributed by atoms with Crippen molar-refractivity contribution in [2.75, 3.05) is 47.3 Å². The van der Waals surface area contributed by atoms with Gasteiger partial charge in [0.05, 0.1) is 0 Å². The van der Waals surface area contributed by atoms with Crippen molar-refractivity contribution in [3.8, 4) is 5.88 Å². The Morgan fingerprint density at radius 2 is 2.18 bits per heavy atom. The zero-order valence-corrected chi connectivity index (χ0v) is 13.7. The molecular formula is C16H26N4O2. The third kappa shape index (κ3) is 4.96. The van der Waals surface area contributed by atoms with Gasteiger partial charge in [-0.1, -0.05) is 0 Å². The van der Waals surface area contributed by atoms with Crippen LogP contribution in [-0.4, -0.2) is 74.1 Å². The molecule has 2 rings (SSSR count). The Bertz CT molecular complexity index is 485. The van der Waals surface area contributed by atoms with Crippen molar-refractivity contribution in [2.45, 2.75) is 18.9 Å². The van der Waals surface area contributed by atoms with E-state index < -0.39 is 0 Å². The van der Waals surface area contributed by atoms with Crippen molar-refractivity contribution in [3.63, 3.8) is 0 Å². The summed E-state index contributed by atoms with van der Waals surface area (Å²) in [5, 5.41) is 2.91. The summed E-state index contributed by atoms with van der Waals surface area (Å²) in [6.45, 7) is 3.44. The van der Waals surface area contributed by atoms with Gasteiger partial charge in [-0.2, -0.15) is 0 Å². The molecule has 0 radical (unpaired) electrons. The van der Waals surface area contributed by atoms with Crippen LogP contribution in [0.1, 0.15) is 23.2 Å². The first-order chi connectivity index (χ1) is 10.6. The van der Waals surface area contributed by atoms with Crippen LogP contribution in [0.4, 0.5) is 0 Å². The largest absolute Gasteiger partial charge is 0.474 e. The summed E-state index contributed by atoms with van der Waals surface area (Å²) >= 11 is 0. The van der Waals surface area contributed by atoms with E-state index in [1.165, 1.54) is 0 Å². The predicted octanol–water partition coefficient (Wildman–Crippen LogP) is 0.846. The molecule has 0 atom stereocenters. The molecule has 0 spiro atoms. The Morgan fingerprint density at radius 3 is 2.86 bits per heavy atom. The minimum absolute atomic E-state index is 0.127. The number of carbonyl (C=O) groups excluding carboxylic acids is 1. The molecule has 6 heteroatoms. The number of hydrogen-bond acceptors (Lipinski definition) is 5. The summed E-state index contributed by atoms with van der Waals surface area (Å²) in [4.78, 5) is 20.8. The maximum atomic E-state index is 12.3. The van der Waals surface area contributed by atoms with Crippen molar-refractivity contribution in [3.05, 3.63) is 23.9 Å². The maximum absolute atomic E-state index is 12.3. The van der Waals surface area contributed by atoms with Gasteiger partial charge in [0.25, 0.3) is 5.91 Å². The van der Waals surface area contributed by atoms with Crippen molar-refractivity contribution >= 4 is 5.91 Å². The molecule has 1 aromatic heterocycles. The number of likely N-dealkylation sites (N-methyl/N-ethyl adjacent to an activating group) is 1. The topological polar surface area (TPSA) is 57.7 Å². The molecule has 6 nitrogen and oxygen atoms in total. The number of piperidine rings is 1. The van der Waals surface area contributed by atoms with Crippen molar-refractivity contribution in [1.29, 1.82) is 0 Å². The molecule has 0 aromatic carbocycles. The van der Waals surface area contributed by atoms with Gasteiger partial charge >= 0.3 is 0 Å². The number of ether oxygens (including phenoxy) is 1. The van der Waals surface area contributed by atoms with E-state index in [1.807, 2.05) is 19.0 Å². The fraction of sp³-hybridized carbons (Fsp3) is 0.625. The smallest absolute Gasteiger partial charge is 0.256 e. The lowest BCUT2D eigenvalue weighted by Gasteiger charge is -2.29.